The van der Waals surface area contributed by atoms with Gasteiger partial charge in [0.15, 0.2) is 0 Å². The van der Waals surface area contributed by atoms with Crippen LogP contribution in [0.25, 0.3) is 10.9 Å². The highest BCUT2D eigenvalue weighted by atomic mass is 35.5. The molecule has 0 fully saturated rings. The normalized spacial score (nSPS) is 10.3. The molecule has 0 unspecified atom stereocenters. The van der Waals surface area contributed by atoms with E-state index in [1.165, 1.54) is 24.3 Å². The number of nitrogens with one attached hydrogen (secondary N) is 4. The summed E-state index contributed by atoms with van der Waals surface area (Å²) >= 11 is 5.40. The number of hydrogen-bond donors (Lipinski definition) is 4. The third-order valence-electron chi connectivity index (χ3n) is 2.50. The Morgan fingerprint density at radius 3 is 2.80 bits per heavy atom. The maximum Gasteiger partial charge on any atom is 0.333 e. The fourth-order valence-electron chi connectivity index (χ4n) is 1.61. The minimum Gasteiger partial charge on any atom is -0.350 e. The summed E-state index contributed by atoms with van der Waals surface area (Å²) in [5.41, 5.74) is 5.22. The highest BCUT2D eigenvalue weighted by Gasteiger charge is 2.10. The molecule has 0 aliphatic carbocycles. The minimum absolute atomic E-state index is 0.211. The van der Waals surface area contributed by atoms with Gasteiger partial charge in [0.25, 0.3) is 5.91 Å². The van der Waals surface area contributed by atoms with Crippen LogP contribution in [0.5, 0.6) is 0 Å². The van der Waals surface area contributed by atoms with Crippen molar-refractivity contribution in [3.8, 4) is 0 Å². The number of amides is 3. The molecule has 0 saturated heterocycles. The van der Waals surface area contributed by atoms with Crippen molar-refractivity contribution < 1.29 is 14.0 Å². The van der Waals surface area contributed by atoms with Crippen LogP contribution in [0.4, 0.5) is 9.18 Å². The van der Waals surface area contributed by atoms with Crippen LogP contribution in [-0.2, 0) is 0 Å². The molecular weight excluding hydrogens is 287 g/mol. The SMILES string of the molecule is O=C(NCCCl)NNC(=O)c1cc2cc(F)ccc2[nH]1. The fourth-order valence-corrected chi connectivity index (χ4v) is 1.71. The quantitative estimate of drug-likeness (QED) is 0.511. The molecule has 20 heavy (non-hydrogen) atoms. The lowest BCUT2D eigenvalue weighted by atomic mass is 10.2. The zero-order valence-electron chi connectivity index (χ0n) is 10.3. The molecule has 6 nitrogen and oxygen atoms in total. The van der Waals surface area contributed by atoms with Gasteiger partial charge in [-0.1, -0.05) is 0 Å². The number of hydrogen-bond acceptors (Lipinski definition) is 2. The van der Waals surface area contributed by atoms with Crippen molar-refractivity contribution in [2.45, 2.75) is 0 Å². The molecule has 0 saturated carbocycles. The number of carbonyl (C=O) groups is 2. The highest BCUT2D eigenvalue weighted by Crippen LogP contribution is 2.16. The zero-order chi connectivity index (χ0) is 14.5. The van der Waals surface area contributed by atoms with E-state index in [0.29, 0.717) is 10.9 Å². The lowest BCUT2D eigenvalue weighted by Crippen LogP contribution is -2.47. The maximum atomic E-state index is 13.0. The number of rotatable bonds is 3. The van der Waals surface area contributed by atoms with E-state index in [9.17, 15) is 14.0 Å². The summed E-state index contributed by atoms with van der Waals surface area (Å²) in [6.07, 6.45) is 0. The second-order valence-corrected chi connectivity index (χ2v) is 4.32. The molecule has 8 heteroatoms. The standard InChI is InChI=1S/C12H12ClFN4O2/c13-3-4-15-12(20)18-17-11(19)10-6-7-5-8(14)1-2-9(7)16-10/h1-2,5-6,16H,3-4H2,(H,17,19)(H2,15,18,20). The van der Waals surface area contributed by atoms with E-state index in [1.54, 1.807) is 0 Å². The van der Waals surface area contributed by atoms with E-state index in [2.05, 4.69) is 21.2 Å². The van der Waals surface area contributed by atoms with Gasteiger partial charge < -0.3 is 10.3 Å². The van der Waals surface area contributed by atoms with E-state index in [-0.39, 0.29) is 23.9 Å². The van der Waals surface area contributed by atoms with Gasteiger partial charge in [-0.2, -0.15) is 0 Å². The summed E-state index contributed by atoms with van der Waals surface area (Å²) in [6.45, 7) is 0.287. The molecule has 0 bridgehead atoms. The van der Waals surface area contributed by atoms with Gasteiger partial charge in [0.05, 0.1) is 0 Å². The number of H-pyrrole nitrogens is 1. The lowest BCUT2D eigenvalue weighted by Gasteiger charge is -2.06. The van der Waals surface area contributed by atoms with E-state index < -0.39 is 11.9 Å². The van der Waals surface area contributed by atoms with Gasteiger partial charge in [-0.15, -0.1) is 11.6 Å². The number of fused-ring (bicyclic) bond motifs is 1. The monoisotopic (exact) mass is 298 g/mol. The van der Waals surface area contributed by atoms with Crippen LogP contribution in [0.15, 0.2) is 24.3 Å². The average Bonchev–Trinajstić information content (AvgIpc) is 2.85. The summed E-state index contributed by atoms with van der Waals surface area (Å²) < 4.78 is 13.0. The van der Waals surface area contributed by atoms with Crippen molar-refractivity contribution >= 4 is 34.4 Å². The molecule has 0 aliphatic heterocycles. The Morgan fingerprint density at radius 2 is 2.05 bits per heavy atom. The third kappa shape index (κ3) is 3.39. The Morgan fingerprint density at radius 1 is 1.25 bits per heavy atom. The van der Waals surface area contributed by atoms with Crippen molar-refractivity contribution in [2.75, 3.05) is 12.4 Å². The molecule has 4 N–H and O–H groups in total. The van der Waals surface area contributed by atoms with E-state index in [1.807, 2.05) is 0 Å². The second-order valence-electron chi connectivity index (χ2n) is 3.94. The number of alkyl halides is 1. The van der Waals surface area contributed by atoms with Crippen LogP contribution < -0.4 is 16.2 Å². The fraction of sp³-hybridized carbons (Fsp3) is 0.167. The molecule has 0 spiro atoms. The molecule has 1 aromatic heterocycles. The Balaban J connectivity index is 1.99. The molecule has 1 aromatic carbocycles. The van der Waals surface area contributed by atoms with Gasteiger partial charge in [0, 0.05) is 23.3 Å². The van der Waals surface area contributed by atoms with Crippen molar-refractivity contribution in [1.29, 1.82) is 0 Å². The lowest BCUT2D eigenvalue weighted by molar-refractivity contribution is 0.0932. The molecule has 0 radical (unpaired) electrons. The van der Waals surface area contributed by atoms with E-state index in [4.69, 9.17) is 11.6 Å². The third-order valence-corrected chi connectivity index (χ3v) is 2.69. The maximum absolute atomic E-state index is 13.0. The van der Waals surface area contributed by atoms with Crippen LogP contribution >= 0.6 is 11.6 Å². The molecule has 3 amide bonds. The van der Waals surface area contributed by atoms with E-state index in [0.717, 1.165) is 0 Å². The van der Waals surface area contributed by atoms with Crippen LogP contribution in [0.2, 0.25) is 0 Å². The van der Waals surface area contributed by atoms with Crippen molar-refractivity contribution in [3.05, 3.63) is 35.8 Å². The molecule has 2 rings (SSSR count). The zero-order valence-corrected chi connectivity index (χ0v) is 11.1. The first kappa shape index (κ1) is 14.1. The number of hydrazine groups is 1. The molecule has 2 aromatic rings. The smallest absolute Gasteiger partial charge is 0.333 e. The first-order valence-corrected chi connectivity index (χ1v) is 6.32. The van der Waals surface area contributed by atoms with Crippen LogP contribution in [0.3, 0.4) is 0 Å². The number of urea groups is 1. The van der Waals surface area contributed by atoms with E-state index >= 15 is 0 Å². The van der Waals surface area contributed by atoms with Gasteiger partial charge in [0.1, 0.15) is 11.5 Å². The average molecular weight is 299 g/mol. The predicted molar refractivity (Wildman–Crippen MR) is 73.0 cm³/mol. The van der Waals surface area contributed by atoms with Crippen molar-refractivity contribution in [1.82, 2.24) is 21.2 Å². The van der Waals surface area contributed by atoms with Crippen LogP contribution in [0.1, 0.15) is 10.5 Å². The topological polar surface area (TPSA) is 86.0 Å². The summed E-state index contributed by atoms with van der Waals surface area (Å²) in [6, 6.07) is 5.05. The molecule has 1 heterocycles. The van der Waals surface area contributed by atoms with Crippen LogP contribution in [-0.4, -0.2) is 29.3 Å². The molecular formula is C12H12ClFN4O2. The number of aromatic amines is 1. The Hall–Kier alpha value is -2.28. The van der Waals surface area contributed by atoms with Gasteiger partial charge in [-0.25, -0.2) is 14.6 Å². The van der Waals surface area contributed by atoms with Gasteiger partial charge in [-0.3, -0.25) is 10.2 Å². The van der Waals surface area contributed by atoms with Gasteiger partial charge in [0.2, 0.25) is 0 Å². The molecule has 0 aliphatic rings. The van der Waals surface area contributed by atoms with Crippen molar-refractivity contribution in [2.24, 2.45) is 0 Å². The predicted octanol–water partition coefficient (Wildman–Crippen LogP) is 1.49. The Kier molecular flexibility index (Phi) is 4.41. The minimum atomic E-state index is -0.568. The largest absolute Gasteiger partial charge is 0.350 e. The number of aromatic nitrogens is 1. The first-order valence-electron chi connectivity index (χ1n) is 5.78. The summed E-state index contributed by atoms with van der Waals surface area (Å²) in [7, 11) is 0. The second kappa shape index (κ2) is 6.25. The van der Waals surface area contributed by atoms with Crippen molar-refractivity contribution in [3.63, 3.8) is 0 Å². The number of carbonyl (C=O) groups excluding carboxylic acids is 2. The summed E-state index contributed by atoms with van der Waals surface area (Å²) in [5, 5.41) is 2.99. The number of benzene rings is 1. The highest BCUT2D eigenvalue weighted by molar-refractivity contribution is 6.18. The number of halogens is 2. The van der Waals surface area contributed by atoms with Gasteiger partial charge in [-0.05, 0) is 24.3 Å². The molecule has 106 valence electrons. The summed E-state index contributed by atoms with van der Waals surface area (Å²) in [5.74, 6) is -0.653. The Bertz CT molecular complexity index is 643. The van der Waals surface area contributed by atoms with Gasteiger partial charge >= 0.3 is 6.03 Å². The van der Waals surface area contributed by atoms with Crippen LogP contribution in [0, 0.1) is 5.82 Å². The summed E-state index contributed by atoms with van der Waals surface area (Å²) in [4.78, 5) is 25.8. The first-order chi connectivity index (χ1) is 9.60. The molecule has 0 atom stereocenters. The Labute approximate surface area is 118 Å².